The highest BCUT2D eigenvalue weighted by Gasteiger charge is 2.18. The summed E-state index contributed by atoms with van der Waals surface area (Å²) >= 11 is 0. The van der Waals surface area contributed by atoms with Crippen LogP contribution >= 0.6 is 0 Å². The van der Waals surface area contributed by atoms with Crippen LogP contribution in [0.25, 0.3) is 0 Å². The lowest BCUT2D eigenvalue weighted by molar-refractivity contribution is 0.0723. The van der Waals surface area contributed by atoms with Gasteiger partial charge >= 0.3 is 0 Å². The summed E-state index contributed by atoms with van der Waals surface area (Å²) in [6.07, 6.45) is 1.89. The quantitative estimate of drug-likeness (QED) is 0.857. The van der Waals surface area contributed by atoms with Crippen LogP contribution in [0.4, 0.5) is 0 Å². The minimum Gasteiger partial charge on any atom is -0.384 e. The van der Waals surface area contributed by atoms with Crippen molar-refractivity contribution in [2.24, 2.45) is 0 Å². The average molecular weight is 273 g/mol. The molecule has 0 aliphatic heterocycles. The maximum Gasteiger partial charge on any atom is 0.253 e. The first-order chi connectivity index (χ1) is 9.53. The molecule has 108 valence electrons. The highest BCUT2D eigenvalue weighted by atomic mass is 16.2. The molecular weight excluding hydrogens is 250 g/mol. The number of nitrogens with zero attached hydrogens (tertiary/aromatic N) is 1. The maximum atomic E-state index is 12.5. The highest BCUT2D eigenvalue weighted by molar-refractivity contribution is 5.94. The normalized spacial score (nSPS) is 10.1. The number of aryl methyl sites for hydroxylation is 1. The van der Waals surface area contributed by atoms with Gasteiger partial charge in [0.15, 0.2) is 0 Å². The monoisotopic (exact) mass is 273 g/mol. The average Bonchev–Trinajstić information content (AvgIpc) is 2.44. The van der Waals surface area contributed by atoms with Gasteiger partial charge in [0.25, 0.3) is 5.91 Å². The Labute approximate surface area is 121 Å². The number of carbonyl (C=O) groups is 1. The van der Waals surface area contributed by atoms with Crippen LogP contribution in [0, 0.1) is 18.8 Å². The van der Waals surface area contributed by atoms with Crippen molar-refractivity contribution in [3.63, 3.8) is 0 Å². The molecule has 0 heterocycles. The van der Waals surface area contributed by atoms with Crippen molar-refractivity contribution in [1.82, 2.24) is 4.90 Å². The van der Waals surface area contributed by atoms with E-state index in [2.05, 4.69) is 25.7 Å². The third-order valence-corrected chi connectivity index (χ3v) is 3.45. The number of aliphatic hydroxyl groups excluding tert-OH is 1. The third kappa shape index (κ3) is 4.11. The smallest absolute Gasteiger partial charge is 0.253 e. The molecule has 0 radical (unpaired) electrons. The minimum atomic E-state index is -0.176. The molecule has 1 aromatic rings. The minimum absolute atomic E-state index is 0.0226. The Kier molecular flexibility index (Phi) is 6.27. The molecule has 0 saturated carbocycles. The number of amides is 1. The van der Waals surface area contributed by atoms with E-state index < -0.39 is 0 Å². The van der Waals surface area contributed by atoms with Crippen molar-refractivity contribution in [2.45, 2.75) is 39.7 Å². The molecular formula is C17H23NO2. The Balaban J connectivity index is 3.06. The Morgan fingerprint density at radius 1 is 1.30 bits per heavy atom. The summed E-state index contributed by atoms with van der Waals surface area (Å²) < 4.78 is 0. The van der Waals surface area contributed by atoms with Gasteiger partial charge in [-0.3, -0.25) is 4.79 Å². The molecule has 0 fully saturated rings. The predicted molar refractivity (Wildman–Crippen MR) is 81.6 cm³/mol. The zero-order valence-corrected chi connectivity index (χ0v) is 12.7. The maximum absolute atomic E-state index is 12.5. The summed E-state index contributed by atoms with van der Waals surface area (Å²) in [7, 11) is 1.85. The fourth-order valence-electron chi connectivity index (χ4n) is 2.33. The van der Waals surface area contributed by atoms with E-state index in [-0.39, 0.29) is 18.6 Å². The first-order valence-electron chi connectivity index (χ1n) is 7.02. The first-order valence-corrected chi connectivity index (χ1v) is 7.02. The lowest BCUT2D eigenvalue weighted by Crippen LogP contribution is -2.36. The van der Waals surface area contributed by atoms with Crippen LogP contribution in [-0.4, -0.2) is 35.6 Å². The van der Waals surface area contributed by atoms with Crippen LogP contribution in [0.5, 0.6) is 0 Å². The topological polar surface area (TPSA) is 40.5 Å². The molecule has 0 aliphatic rings. The lowest BCUT2D eigenvalue weighted by Gasteiger charge is -2.26. The van der Waals surface area contributed by atoms with E-state index >= 15 is 0 Å². The van der Waals surface area contributed by atoms with Gasteiger partial charge in [-0.15, -0.1) is 0 Å². The molecule has 3 heteroatoms. The van der Waals surface area contributed by atoms with Crippen molar-refractivity contribution in [3.05, 3.63) is 34.9 Å². The molecule has 20 heavy (non-hydrogen) atoms. The summed E-state index contributed by atoms with van der Waals surface area (Å²) in [6, 6.07) is 5.84. The van der Waals surface area contributed by atoms with E-state index in [1.807, 2.05) is 26.1 Å². The largest absolute Gasteiger partial charge is 0.384 e. The van der Waals surface area contributed by atoms with Gasteiger partial charge in [0, 0.05) is 24.2 Å². The first kappa shape index (κ1) is 16.3. The van der Waals surface area contributed by atoms with Crippen LogP contribution < -0.4 is 0 Å². The van der Waals surface area contributed by atoms with Crippen molar-refractivity contribution in [1.29, 1.82) is 0 Å². The number of aliphatic hydroxyl groups is 1. The van der Waals surface area contributed by atoms with Gasteiger partial charge in [-0.2, -0.15) is 0 Å². The Bertz CT molecular complexity index is 522. The van der Waals surface area contributed by atoms with E-state index in [1.165, 1.54) is 0 Å². The SMILES string of the molecule is CCC(CC)N(C)C(=O)c1cc(C)cc(C#CCO)c1. The molecule has 0 atom stereocenters. The molecule has 1 N–H and O–H groups in total. The van der Waals surface area contributed by atoms with Crippen molar-refractivity contribution >= 4 is 5.91 Å². The molecule has 0 spiro atoms. The van der Waals surface area contributed by atoms with Crippen LogP contribution in [0.2, 0.25) is 0 Å². The van der Waals surface area contributed by atoms with Crippen molar-refractivity contribution in [3.8, 4) is 11.8 Å². The van der Waals surface area contributed by atoms with E-state index in [9.17, 15) is 4.79 Å². The van der Waals surface area contributed by atoms with Crippen LogP contribution in [0.3, 0.4) is 0 Å². The van der Waals surface area contributed by atoms with Gasteiger partial charge in [-0.05, 0) is 43.5 Å². The second kappa shape index (κ2) is 7.72. The number of benzene rings is 1. The second-order valence-corrected chi connectivity index (χ2v) is 4.93. The molecule has 1 rings (SSSR count). The fraction of sp³-hybridized carbons (Fsp3) is 0.471. The van der Waals surface area contributed by atoms with E-state index in [1.54, 1.807) is 11.0 Å². The van der Waals surface area contributed by atoms with Gasteiger partial charge in [0.05, 0.1) is 0 Å². The summed E-state index contributed by atoms with van der Waals surface area (Å²) in [5.74, 6) is 5.49. The van der Waals surface area contributed by atoms with Crippen LogP contribution in [0.15, 0.2) is 18.2 Å². The third-order valence-electron chi connectivity index (χ3n) is 3.45. The lowest BCUT2D eigenvalue weighted by atomic mass is 10.0. The molecule has 0 aromatic heterocycles. The molecule has 0 saturated heterocycles. The van der Waals surface area contributed by atoms with Gasteiger partial charge in [-0.1, -0.05) is 25.7 Å². The van der Waals surface area contributed by atoms with E-state index in [0.717, 1.165) is 24.0 Å². The molecule has 1 aromatic carbocycles. The fourth-order valence-corrected chi connectivity index (χ4v) is 2.33. The number of rotatable bonds is 4. The molecule has 1 amide bonds. The van der Waals surface area contributed by atoms with E-state index in [0.29, 0.717) is 5.56 Å². The molecule has 3 nitrogen and oxygen atoms in total. The van der Waals surface area contributed by atoms with Crippen molar-refractivity contribution < 1.29 is 9.90 Å². The molecule has 0 bridgehead atoms. The number of carbonyl (C=O) groups excluding carboxylic acids is 1. The molecule has 0 unspecified atom stereocenters. The van der Waals surface area contributed by atoms with Gasteiger partial charge in [-0.25, -0.2) is 0 Å². The Morgan fingerprint density at radius 3 is 2.50 bits per heavy atom. The van der Waals surface area contributed by atoms with Crippen LogP contribution in [0.1, 0.15) is 48.2 Å². The summed E-state index contributed by atoms with van der Waals surface area (Å²) in [5, 5.41) is 8.75. The standard InChI is InChI=1S/C17H23NO2/c1-5-16(6-2)18(4)17(20)15-11-13(3)10-14(12-15)8-7-9-19/h10-12,16,19H,5-6,9H2,1-4H3. The summed E-state index contributed by atoms with van der Waals surface area (Å²) in [6.45, 7) is 5.95. The number of hydrogen-bond donors (Lipinski definition) is 1. The van der Waals surface area contributed by atoms with Gasteiger partial charge < -0.3 is 10.0 Å². The van der Waals surface area contributed by atoms with E-state index in [4.69, 9.17) is 5.11 Å². The highest BCUT2D eigenvalue weighted by Crippen LogP contribution is 2.15. The second-order valence-electron chi connectivity index (χ2n) is 4.93. The Morgan fingerprint density at radius 2 is 1.95 bits per heavy atom. The van der Waals surface area contributed by atoms with Crippen LogP contribution in [-0.2, 0) is 0 Å². The predicted octanol–water partition coefficient (Wildman–Crippen LogP) is 2.60. The summed E-state index contributed by atoms with van der Waals surface area (Å²) in [4.78, 5) is 14.3. The number of hydrogen-bond acceptors (Lipinski definition) is 2. The molecule has 0 aliphatic carbocycles. The zero-order chi connectivity index (χ0) is 15.1. The van der Waals surface area contributed by atoms with Crippen molar-refractivity contribution in [2.75, 3.05) is 13.7 Å². The zero-order valence-electron chi connectivity index (χ0n) is 12.7. The summed E-state index contributed by atoms with van der Waals surface area (Å²) in [5.41, 5.74) is 2.41. The van der Waals surface area contributed by atoms with Gasteiger partial charge in [0.2, 0.25) is 0 Å². The van der Waals surface area contributed by atoms with Gasteiger partial charge in [0.1, 0.15) is 6.61 Å². The Hall–Kier alpha value is -1.79.